The fraction of sp³-hybridized carbons (Fsp3) is 0.769. The molecule has 0 unspecified atom stereocenters. The van der Waals surface area contributed by atoms with E-state index in [0.29, 0.717) is 11.2 Å². The summed E-state index contributed by atoms with van der Waals surface area (Å²) in [6, 6.07) is 0. The molecule has 0 bridgehead atoms. The first-order chi connectivity index (χ1) is 9.26. The summed E-state index contributed by atoms with van der Waals surface area (Å²) in [6.45, 7) is 6.07. The quantitative estimate of drug-likeness (QED) is 0.865. The van der Waals surface area contributed by atoms with Crippen LogP contribution in [0.3, 0.4) is 0 Å². The first kappa shape index (κ1) is 14.4. The zero-order valence-electron chi connectivity index (χ0n) is 12.0. The van der Waals surface area contributed by atoms with Gasteiger partial charge in [0, 0.05) is 25.4 Å². The Morgan fingerprint density at radius 2 is 1.84 bits per heavy atom. The van der Waals surface area contributed by atoms with E-state index in [0.717, 1.165) is 24.2 Å². The van der Waals surface area contributed by atoms with Gasteiger partial charge in [-0.3, -0.25) is 0 Å². The highest BCUT2D eigenvalue weighted by Crippen LogP contribution is 2.33. The van der Waals surface area contributed by atoms with E-state index in [1.165, 1.54) is 25.7 Å². The maximum absolute atomic E-state index is 4.61. The average molecular weight is 281 g/mol. The van der Waals surface area contributed by atoms with E-state index in [-0.39, 0.29) is 0 Å². The molecule has 0 aliphatic heterocycles. The summed E-state index contributed by atoms with van der Waals surface area (Å²) in [5, 5.41) is 4.57. The van der Waals surface area contributed by atoms with Crippen LogP contribution >= 0.6 is 11.8 Å². The van der Waals surface area contributed by atoms with E-state index in [4.69, 9.17) is 0 Å². The Morgan fingerprint density at radius 3 is 2.42 bits per heavy atom. The third-order valence-corrected chi connectivity index (χ3v) is 4.65. The van der Waals surface area contributed by atoms with Crippen LogP contribution < -0.4 is 10.2 Å². The van der Waals surface area contributed by atoms with Gasteiger partial charge in [-0.25, -0.2) is 0 Å². The minimum Gasteiger partial charge on any atom is -0.357 e. The van der Waals surface area contributed by atoms with Crippen LogP contribution in [-0.4, -0.2) is 40.3 Å². The van der Waals surface area contributed by atoms with Crippen LogP contribution in [0.5, 0.6) is 0 Å². The highest BCUT2D eigenvalue weighted by molar-refractivity contribution is 7.99. The van der Waals surface area contributed by atoms with Crippen LogP contribution in [0.1, 0.15) is 39.5 Å². The van der Waals surface area contributed by atoms with Crippen LogP contribution in [0, 0.1) is 0 Å². The number of thioether (sulfide) groups is 1. The van der Waals surface area contributed by atoms with Crippen LogP contribution in [0.2, 0.25) is 0 Å². The maximum Gasteiger partial charge on any atom is 0.231 e. The molecule has 1 saturated carbocycles. The molecule has 106 valence electrons. The van der Waals surface area contributed by atoms with Crippen molar-refractivity contribution in [2.75, 3.05) is 30.4 Å². The predicted molar refractivity (Wildman–Crippen MR) is 81.0 cm³/mol. The number of hydrogen-bond donors (Lipinski definition) is 1. The number of anilines is 2. The molecule has 1 heterocycles. The smallest absolute Gasteiger partial charge is 0.231 e. The van der Waals surface area contributed by atoms with Crippen molar-refractivity contribution in [1.82, 2.24) is 15.0 Å². The second-order valence-corrected chi connectivity index (χ2v) is 5.96. The van der Waals surface area contributed by atoms with Gasteiger partial charge in [0.05, 0.1) is 0 Å². The van der Waals surface area contributed by atoms with Crippen molar-refractivity contribution >= 4 is 23.7 Å². The van der Waals surface area contributed by atoms with Crippen LogP contribution in [-0.2, 0) is 0 Å². The molecule has 0 atom stereocenters. The third kappa shape index (κ3) is 3.72. The molecule has 1 N–H and O–H groups in total. The molecule has 0 amide bonds. The average Bonchev–Trinajstić information content (AvgIpc) is 2.93. The van der Waals surface area contributed by atoms with E-state index >= 15 is 0 Å². The van der Waals surface area contributed by atoms with Crippen molar-refractivity contribution < 1.29 is 0 Å². The van der Waals surface area contributed by atoms with Gasteiger partial charge >= 0.3 is 0 Å². The summed E-state index contributed by atoms with van der Waals surface area (Å²) >= 11 is 1.80. The fourth-order valence-corrected chi connectivity index (χ4v) is 3.45. The van der Waals surface area contributed by atoms with E-state index < -0.39 is 0 Å². The summed E-state index contributed by atoms with van der Waals surface area (Å²) in [5.41, 5.74) is 0. The lowest BCUT2D eigenvalue weighted by Gasteiger charge is -2.19. The number of nitrogens with zero attached hydrogens (tertiary/aromatic N) is 4. The standard InChI is InChI=1S/C13H23N5S/c1-4-18(5-2)12-15-11(14-3)16-13(17-12)19-10-8-6-7-9-10/h10H,4-9H2,1-3H3,(H,14,15,16,17). The van der Waals surface area contributed by atoms with Gasteiger partial charge in [0.15, 0.2) is 5.16 Å². The molecule has 19 heavy (non-hydrogen) atoms. The van der Waals surface area contributed by atoms with E-state index in [1.807, 2.05) is 7.05 Å². The largest absolute Gasteiger partial charge is 0.357 e. The zero-order chi connectivity index (χ0) is 13.7. The Balaban J connectivity index is 2.19. The molecular weight excluding hydrogens is 258 g/mol. The SMILES string of the molecule is CCN(CC)c1nc(NC)nc(SC2CCCC2)n1. The molecule has 0 saturated heterocycles. The van der Waals surface area contributed by atoms with Gasteiger partial charge in [-0.05, 0) is 26.7 Å². The molecule has 1 aromatic rings. The van der Waals surface area contributed by atoms with Gasteiger partial charge < -0.3 is 10.2 Å². The van der Waals surface area contributed by atoms with Gasteiger partial charge in [-0.15, -0.1) is 0 Å². The minimum atomic E-state index is 0.664. The van der Waals surface area contributed by atoms with Gasteiger partial charge in [-0.2, -0.15) is 15.0 Å². The summed E-state index contributed by atoms with van der Waals surface area (Å²) in [6.07, 6.45) is 5.24. The van der Waals surface area contributed by atoms with Crippen molar-refractivity contribution in [1.29, 1.82) is 0 Å². The Hall–Kier alpha value is -1.04. The number of nitrogens with one attached hydrogen (secondary N) is 1. The zero-order valence-corrected chi connectivity index (χ0v) is 12.8. The van der Waals surface area contributed by atoms with Crippen molar-refractivity contribution in [3.63, 3.8) is 0 Å². The summed E-state index contributed by atoms with van der Waals surface area (Å²) in [4.78, 5) is 15.7. The molecule has 1 aliphatic carbocycles. The summed E-state index contributed by atoms with van der Waals surface area (Å²) in [5.74, 6) is 1.45. The van der Waals surface area contributed by atoms with Gasteiger partial charge in [0.25, 0.3) is 0 Å². The van der Waals surface area contributed by atoms with Crippen molar-refractivity contribution in [3.05, 3.63) is 0 Å². The second-order valence-electron chi connectivity index (χ2n) is 4.69. The number of hydrogen-bond acceptors (Lipinski definition) is 6. The highest BCUT2D eigenvalue weighted by Gasteiger charge is 2.19. The van der Waals surface area contributed by atoms with Gasteiger partial charge in [0.2, 0.25) is 11.9 Å². The van der Waals surface area contributed by atoms with Crippen molar-refractivity contribution in [3.8, 4) is 0 Å². The fourth-order valence-electron chi connectivity index (χ4n) is 2.31. The Bertz CT molecular complexity index is 402. The van der Waals surface area contributed by atoms with Gasteiger partial charge in [0.1, 0.15) is 0 Å². The monoisotopic (exact) mass is 281 g/mol. The number of aromatic nitrogens is 3. The molecule has 5 nitrogen and oxygen atoms in total. The van der Waals surface area contributed by atoms with Crippen molar-refractivity contribution in [2.24, 2.45) is 0 Å². The molecule has 1 aliphatic rings. The lowest BCUT2D eigenvalue weighted by atomic mass is 10.4. The summed E-state index contributed by atoms with van der Waals surface area (Å²) < 4.78 is 0. The second kappa shape index (κ2) is 6.93. The van der Waals surface area contributed by atoms with E-state index in [9.17, 15) is 0 Å². The topological polar surface area (TPSA) is 53.9 Å². The molecule has 2 rings (SSSR count). The molecule has 0 radical (unpaired) electrons. The number of rotatable bonds is 6. The van der Waals surface area contributed by atoms with Crippen LogP contribution in [0.4, 0.5) is 11.9 Å². The predicted octanol–water partition coefficient (Wildman–Crippen LogP) is 2.79. The van der Waals surface area contributed by atoms with Crippen molar-refractivity contribution in [2.45, 2.75) is 49.9 Å². The lowest BCUT2D eigenvalue weighted by Crippen LogP contribution is -2.25. The Labute approximate surface area is 119 Å². The Kier molecular flexibility index (Phi) is 5.24. The molecule has 1 aromatic heterocycles. The Morgan fingerprint density at radius 1 is 1.16 bits per heavy atom. The van der Waals surface area contributed by atoms with E-state index in [2.05, 4.69) is 39.0 Å². The lowest BCUT2D eigenvalue weighted by molar-refractivity contribution is 0.781. The first-order valence-corrected chi connectivity index (χ1v) is 8.00. The highest BCUT2D eigenvalue weighted by atomic mass is 32.2. The molecule has 0 spiro atoms. The van der Waals surface area contributed by atoms with Crippen LogP contribution in [0.25, 0.3) is 0 Å². The maximum atomic E-state index is 4.61. The van der Waals surface area contributed by atoms with E-state index in [1.54, 1.807) is 11.8 Å². The third-order valence-electron chi connectivity index (χ3n) is 3.45. The first-order valence-electron chi connectivity index (χ1n) is 7.12. The molecular formula is C13H23N5S. The molecule has 6 heteroatoms. The summed E-state index contributed by atoms with van der Waals surface area (Å²) in [7, 11) is 1.85. The normalized spacial score (nSPS) is 15.7. The van der Waals surface area contributed by atoms with Gasteiger partial charge in [-0.1, -0.05) is 24.6 Å². The molecule has 1 fully saturated rings. The minimum absolute atomic E-state index is 0.664. The molecule has 0 aromatic carbocycles. The van der Waals surface area contributed by atoms with Crippen LogP contribution in [0.15, 0.2) is 5.16 Å².